The zero-order valence-electron chi connectivity index (χ0n) is 13.8. The van der Waals surface area contributed by atoms with Gasteiger partial charge in [0.05, 0.1) is 7.11 Å². The zero-order chi connectivity index (χ0) is 15.5. The van der Waals surface area contributed by atoms with E-state index in [4.69, 9.17) is 14.2 Å². The molecule has 0 saturated carbocycles. The lowest BCUT2D eigenvalue weighted by molar-refractivity contribution is 0.173. The van der Waals surface area contributed by atoms with E-state index < -0.39 is 0 Å². The highest BCUT2D eigenvalue weighted by Gasteiger charge is 2.22. The highest BCUT2D eigenvalue weighted by molar-refractivity contribution is 5.51. The first-order chi connectivity index (χ1) is 10.7. The molecule has 22 heavy (non-hydrogen) atoms. The van der Waals surface area contributed by atoms with E-state index in [1.807, 2.05) is 6.07 Å². The molecule has 5 nitrogen and oxygen atoms in total. The number of fused-ring (bicyclic) bond motifs is 1. The molecule has 2 aliphatic rings. The van der Waals surface area contributed by atoms with E-state index in [-0.39, 0.29) is 0 Å². The molecule has 0 aromatic heterocycles. The van der Waals surface area contributed by atoms with E-state index in [2.05, 4.69) is 30.0 Å². The van der Waals surface area contributed by atoms with Crippen molar-refractivity contribution < 1.29 is 14.2 Å². The molecule has 5 heteroatoms. The standard InChI is InChI=1S/C17H26N2O3/c1-18(2)14-5-4-7-19(8-6-14)11-13-9-16-17(22-12-21-16)10-15(13)20-3/h9-10,14H,4-8,11-12H2,1-3H3/t14-/m1/s1. The summed E-state index contributed by atoms with van der Waals surface area (Å²) >= 11 is 0. The average molecular weight is 306 g/mol. The van der Waals surface area contributed by atoms with Crippen LogP contribution in [0.5, 0.6) is 17.2 Å². The molecular formula is C17H26N2O3. The Morgan fingerprint density at radius 2 is 1.95 bits per heavy atom. The van der Waals surface area contributed by atoms with Crippen molar-refractivity contribution in [3.63, 3.8) is 0 Å². The Bertz CT molecular complexity index is 519. The molecule has 3 rings (SSSR count). The minimum absolute atomic E-state index is 0.302. The number of likely N-dealkylation sites (tertiary alicyclic amines) is 1. The molecule has 0 unspecified atom stereocenters. The summed E-state index contributed by atoms with van der Waals surface area (Å²) in [5.74, 6) is 2.50. The number of nitrogens with zero attached hydrogens (tertiary/aromatic N) is 2. The van der Waals surface area contributed by atoms with Gasteiger partial charge in [-0.05, 0) is 52.5 Å². The Balaban J connectivity index is 1.70. The van der Waals surface area contributed by atoms with Gasteiger partial charge in [-0.1, -0.05) is 0 Å². The summed E-state index contributed by atoms with van der Waals surface area (Å²) < 4.78 is 16.5. The Labute approximate surface area is 132 Å². The first-order valence-corrected chi connectivity index (χ1v) is 8.02. The average Bonchev–Trinajstić information content (AvgIpc) is 2.82. The minimum atomic E-state index is 0.302. The number of benzene rings is 1. The predicted molar refractivity (Wildman–Crippen MR) is 85.7 cm³/mol. The molecule has 0 N–H and O–H groups in total. The third-order valence-corrected chi connectivity index (χ3v) is 4.69. The molecule has 0 bridgehead atoms. The van der Waals surface area contributed by atoms with Crippen LogP contribution in [-0.2, 0) is 6.54 Å². The van der Waals surface area contributed by atoms with Crippen LogP contribution in [0.1, 0.15) is 24.8 Å². The summed E-state index contributed by atoms with van der Waals surface area (Å²) in [6.45, 7) is 3.47. The number of methoxy groups -OCH3 is 1. The Hall–Kier alpha value is -1.46. The molecule has 0 spiro atoms. The van der Waals surface area contributed by atoms with Crippen molar-refractivity contribution in [3.05, 3.63) is 17.7 Å². The third-order valence-electron chi connectivity index (χ3n) is 4.69. The fourth-order valence-corrected chi connectivity index (χ4v) is 3.33. The van der Waals surface area contributed by atoms with Crippen LogP contribution in [0, 0.1) is 0 Å². The number of hydrogen-bond acceptors (Lipinski definition) is 5. The van der Waals surface area contributed by atoms with Crippen LogP contribution in [0.25, 0.3) is 0 Å². The molecule has 1 fully saturated rings. The second-order valence-corrected chi connectivity index (χ2v) is 6.34. The van der Waals surface area contributed by atoms with Gasteiger partial charge in [-0.3, -0.25) is 4.90 Å². The van der Waals surface area contributed by atoms with Gasteiger partial charge in [-0.2, -0.15) is 0 Å². The van der Waals surface area contributed by atoms with Crippen molar-refractivity contribution >= 4 is 0 Å². The maximum atomic E-state index is 5.53. The van der Waals surface area contributed by atoms with E-state index in [0.29, 0.717) is 12.8 Å². The summed E-state index contributed by atoms with van der Waals surface area (Å²) in [5.41, 5.74) is 1.18. The second-order valence-electron chi connectivity index (χ2n) is 6.34. The van der Waals surface area contributed by atoms with Crippen molar-refractivity contribution in [1.82, 2.24) is 9.80 Å². The van der Waals surface area contributed by atoms with E-state index in [1.54, 1.807) is 7.11 Å². The number of hydrogen-bond donors (Lipinski definition) is 0. The van der Waals surface area contributed by atoms with E-state index in [9.17, 15) is 0 Å². The van der Waals surface area contributed by atoms with Crippen LogP contribution >= 0.6 is 0 Å². The maximum absolute atomic E-state index is 5.53. The van der Waals surface area contributed by atoms with Crippen molar-refractivity contribution in [3.8, 4) is 17.2 Å². The monoisotopic (exact) mass is 306 g/mol. The SMILES string of the molecule is COc1cc2c(cc1CN1CCC[C@@H](N(C)C)CC1)OCO2. The van der Waals surface area contributed by atoms with Crippen molar-refractivity contribution in [2.45, 2.75) is 31.8 Å². The molecule has 0 amide bonds. The van der Waals surface area contributed by atoms with Crippen LogP contribution in [0.4, 0.5) is 0 Å². The van der Waals surface area contributed by atoms with Gasteiger partial charge in [0.15, 0.2) is 11.5 Å². The van der Waals surface area contributed by atoms with Gasteiger partial charge in [0.2, 0.25) is 6.79 Å². The summed E-state index contributed by atoms with van der Waals surface area (Å²) in [6.07, 6.45) is 3.75. The zero-order valence-corrected chi connectivity index (χ0v) is 13.8. The Kier molecular flexibility index (Phi) is 4.74. The van der Waals surface area contributed by atoms with Crippen LogP contribution < -0.4 is 14.2 Å². The molecule has 1 aromatic rings. The molecule has 122 valence electrons. The molecule has 0 aliphatic carbocycles. The fraction of sp³-hybridized carbons (Fsp3) is 0.647. The van der Waals surface area contributed by atoms with Crippen LogP contribution in [0.15, 0.2) is 12.1 Å². The highest BCUT2D eigenvalue weighted by Crippen LogP contribution is 2.38. The first kappa shape index (κ1) is 15.4. The van der Waals surface area contributed by atoms with Gasteiger partial charge in [-0.25, -0.2) is 0 Å². The normalized spacial score (nSPS) is 21.9. The molecule has 2 heterocycles. The molecule has 1 atom stereocenters. The van der Waals surface area contributed by atoms with Gasteiger partial charge < -0.3 is 19.1 Å². The van der Waals surface area contributed by atoms with E-state index in [0.717, 1.165) is 36.9 Å². The fourth-order valence-electron chi connectivity index (χ4n) is 3.33. The van der Waals surface area contributed by atoms with Crippen LogP contribution in [0.3, 0.4) is 0 Å². The third kappa shape index (κ3) is 3.31. The smallest absolute Gasteiger partial charge is 0.231 e. The van der Waals surface area contributed by atoms with Crippen molar-refractivity contribution in [1.29, 1.82) is 0 Å². The van der Waals surface area contributed by atoms with Gasteiger partial charge in [-0.15, -0.1) is 0 Å². The summed E-state index contributed by atoms with van der Waals surface area (Å²) in [6, 6.07) is 4.71. The van der Waals surface area contributed by atoms with Gasteiger partial charge >= 0.3 is 0 Å². The summed E-state index contributed by atoms with van der Waals surface area (Å²) in [5, 5.41) is 0. The molecule has 2 aliphatic heterocycles. The minimum Gasteiger partial charge on any atom is -0.496 e. The maximum Gasteiger partial charge on any atom is 0.231 e. The topological polar surface area (TPSA) is 34.2 Å². The molecule has 1 saturated heterocycles. The molecule has 0 radical (unpaired) electrons. The lowest BCUT2D eigenvalue weighted by Crippen LogP contribution is -2.30. The first-order valence-electron chi connectivity index (χ1n) is 8.02. The van der Waals surface area contributed by atoms with Gasteiger partial charge in [0.25, 0.3) is 0 Å². The lowest BCUT2D eigenvalue weighted by atomic mass is 10.1. The van der Waals surface area contributed by atoms with Gasteiger partial charge in [0.1, 0.15) is 5.75 Å². The summed E-state index contributed by atoms with van der Waals surface area (Å²) in [4.78, 5) is 4.87. The second kappa shape index (κ2) is 6.75. The van der Waals surface area contributed by atoms with Crippen molar-refractivity contribution in [2.75, 3.05) is 41.1 Å². The predicted octanol–water partition coefficient (Wildman–Crippen LogP) is 2.34. The van der Waals surface area contributed by atoms with Gasteiger partial charge in [0, 0.05) is 24.2 Å². The quantitative estimate of drug-likeness (QED) is 0.853. The van der Waals surface area contributed by atoms with Crippen molar-refractivity contribution in [2.24, 2.45) is 0 Å². The van der Waals surface area contributed by atoms with Crippen LogP contribution in [-0.4, -0.2) is 56.9 Å². The van der Waals surface area contributed by atoms with Crippen LogP contribution in [0.2, 0.25) is 0 Å². The summed E-state index contributed by atoms with van der Waals surface area (Å²) in [7, 11) is 6.08. The van der Waals surface area contributed by atoms with E-state index >= 15 is 0 Å². The Morgan fingerprint density at radius 1 is 1.18 bits per heavy atom. The molecule has 1 aromatic carbocycles. The Morgan fingerprint density at radius 3 is 2.68 bits per heavy atom. The number of rotatable bonds is 4. The number of ether oxygens (including phenoxy) is 3. The lowest BCUT2D eigenvalue weighted by Gasteiger charge is -2.24. The largest absolute Gasteiger partial charge is 0.496 e. The molecular weight excluding hydrogens is 280 g/mol. The highest BCUT2D eigenvalue weighted by atomic mass is 16.7. The van der Waals surface area contributed by atoms with E-state index in [1.165, 1.54) is 24.8 Å².